The molecule has 3 aromatic rings. The lowest BCUT2D eigenvalue weighted by molar-refractivity contribution is -0.609. The van der Waals surface area contributed by atoms with E-state index in [1.807, 2.05) is 11.8 Å². The first-order chi connectivity index (χ1) is 9.83. The number of aromatic nitrogens is 1. The van der Waals surface area contributed by atoms with Gasteiger partial charge in [-0.3, -0.25) is 0 Å². The van der Waals surface area contributed by atoms with E-state index in [9.17, 15) is 0 Å². The van der Waals surface area contributed by atoms with Crippen LogP contribution in [-0.2, 0) is 0 Å². The summed E-state index contributed by atoms with van der Waals surface area (Å²) in [6.45, 7) is 2.18. The van der Waals surface area contributed by atoms with E-state index in [2.05, 4.69) is 78.5 Å². The number of fused-ring (bicyclic) bond motifs is 4. The Morgan fingerprint density at radius 3 is 2.70 bits per heavy atom. The minimum atomic E-state index is 1.25. The number of allylic oxidation sites excluding steroid dienone is 1. The fraction of sp³-hybridized carbons (Fsp3) is 0.0556. The van der Waals surface area contributed by atoms with Crippen LogP contribution in [0.4, 0.5) is 0 Å². The van der Waals surface area contributed by atoms with Crippen LogP contribution in [0, 0.1) is 0 Å². The van der Waals surface area contributed by atoms with Gasteiger partial charge in [-0.2, -0.15) is 4.57 Å². The average molecular weight is 276 g/mol. The lowest BCUT2D eigenvalue weighted by atomic mass is 10.0. The molecular weight excluding hydrogens is 262 g/mol. The summed E-state index contributed by atoms with van der Waals surface area (Å²) in [5, 5.41) is 3.89. The number of pyridine rings is 1. The van der Waals surface area contributed by atoms with E-state index in [0.29, 0.717) is 0 Å². The predicted molar refractivity (Wildman–Crippen MR) is 84.5 cm³/mol. The molecule has 96 valence electrons. The van der Waals surface area contributed by atoms with Crippen molar-refractivity contribution in [2.24, 2.45) is 0 Å². The largest absolute Gasteiger partial charge is 0.250 e. The van der Waals surface area contributed by atoms with E-state index in [1.54, 1.807) is 0 Å². The fourth-order valence-corrected chi connectivity index (χ4v) is 3.89. The smallest absolute Gasteiger partial charge is 0.161 e. The van der Waals surface area contributed by atoms with Gasteiger partial charge in [-0.1, -0.05) is 36.4 Å². The Labute approximate surface area is 122 Å². The highest BCUT2D eigenvalue weighted by Crippen LogP contribution is 2.39. The van der Waals surface area contributed by atoms with Crippen LogP contribution in [0.1, 0.15) is 12.5 Å². The lowest BCUT2D eigenvalue weighted by Crippen LogP contribution is -2.27. The Bertz CT molecular complexity index is 849. The lowest BCUT2D eigenvalue weighted by Gasteiger charge is -2.08. The fourth-order valence-electron chi connectivity index (χ4n) is 2.68. The molecule has 0 saturated carbocycles. The first-order valence-corrected chi connectivity index (χ1v) is 7.53. The second kappa shape index (κ2) is 4.50. The molecule has 0 atom stereocenters. The SMILES string of the molecule is CC1=C[n+]2ccccc2Sc2c1ccc1ccccc21. The molecular formula is C18H14NS+. The Morgan fingerprint density at radius 2 is 1.75 bits per heavy atom. The number of rotatable bonds is 0. The van der Waals surface area contributed by atoms with Crippen molar-refractivity contribution >= 4 is 34.3 Å². The summed E-state index contributed by atoms with van der Waals surface area (Å²) in [4.78, 5) is 1.36. The predicted octanol–water partition coefficient (Wildman–Crippen LogP) is 4.61. The minimum Gasteiger partial charge on any atom is -0.161 e. The summed E-state index contributed by atoms with van der Waals surface area (Å²) < 4.78 is 2.20. The highest BCUT2D eigenvalue weighted by atomic mass is 32.2. The maximum Gasteiger partial charge on any atom is 0.250 e. The van der Waals surface area contributed by atoms with Crippen molar-refractivity contribution < 1.29 is 4.57 Å². The van der Waals surface area contributed by atoms with Crippen LogP contribution in [0.5, 0.6) is 0 Å². The third kappa shape index (κ3) is 1.76. The zero-order valence-electron chi connectivity index (χ0n) is 11.2. The van der Waals surface area contributed by atoms with Gasteiger partial charge in [0.05, 0.1) is 0 Å². The van der Waals surface area contributed by atoms with Gasteiger partial charge in [0.1, 0.15) is 0 Å². The molecule has 1 nitrogen and oxygen atoms in total. The van der Waals surface area contributed by atoms with Gasteiger partial charge in [0.15, 0.2) is 12.4 Å². The summed E-state index contributed by atoms with van der Waals surface area (Å²) in [6.07, 6.45) is 4.32. The first-order valence-electron chi connectivity index (χ1n) is 6.71. The second-order valence-corrected chi connectivity index (χ2v) is 6.05. The summed E-state index contributed by atoms with van der Waals surface area (Å²) in [6, 6.07) is 19.4. The number of hydrogen-bond donors (Lipinski definition) is 0. The molecule has 1 aliphatic rings. The molecule has 0 unspecified atom stereocenters. The van der Waals surface area contributed by atoms with Crippen LogP contribution in [0.2, 0.25) is 0 Å². The quantitative estimate of drug-likeness (QED) is 0.542. The van der Waals surface area contributed by atoms with Crippen LogP contribution in [-0.4, -0.2) is 0 Å². The molecule has 0 fully saturated rings. The molecule has 0 amide bonds. The van der Waals surface area contributed by atoms with Crippen molar-refractivity contribution in [1.29, 1.82) is 0 Å². The topological polar surface area (TPSA) is 3.88 Å². The van der Waals surface area contributed by atoms with Gasteiger partial charge < -0.3 is 0 Å². The Kier molecular flexibility index (Phi) is 2.64. The molecule has 0 bridgehead atoms. The Hall–Kier alpha value is -2.06. The molecule has 0 saturated heterocycles. The van der Waals surface area contributed by atoms with Gasteiger partial charge in [0.2, 0.25) is 5.03 Å². The van der Waals surface area contributed by atoms with Crippen LogP contribution in [0.3, 0.4) is 0 Å². The molecule has 4 rings (SSSR count). The molecule has 2 heterocycles. The number of nitrogens with zero attached hydrogens (tertiary/aromatic N) is 1. The van der Waals surface area contributed by atoms with Crippen molar-refractivity contribution in [3.8, 4) is 0 Å². The van der Waals surface area contributed by atoms with Gasteiger partial charge in [0.25, 0.3) is 0 Å². The maximum absolute atomic E-state index is 2.24. The molecule has 0 radical (unpaired) electrons. The average Bonchev–Trinajstić information content (AvgIpc) is 2.63. The Morgan fingerprint density at radius 1 is 0.900 bits per heavy atom. The molecule has 1 aliphatic heterocycles. The van der Waals surface area contributed by atoms with Gasteiger partial charge in [-0.15, -0.1) is 0 Å². The molecule has 20 heavy (non-hydrogen) atoms. The van der Waals surface area contributed by atoms with Crippen LogP contribution < -0.4 is 4.57 Å². The minimum absolute atomic E-state index is 1.25. The van der Waals surface area contributed by atoms with E-state index < -0.39 is 0 Å². The first kappa shape index (κ1) is 11.7. The molecule has 2 heteroatoms. The monoisotopic (exact) mass is 276 g/mol. The van der Waals surface area contributed by atoms with Crippen LogP contribution in [0.15, 0.2) is 70.7 Å². The van der Waals surface area contributed by atoms with E-state index in [-0.39, 0.29) is 0 Å². The van der Waals surface area contributed by atoms with Crippen molar-refractivity contribution in [3.63, 3.8) is 0 Å². The maximum atomic E-state index is 2.24. The van der Waals surface area contributed by atoms with E-state index in [1.165, 1.54) is 31.8 Å². The zero-order chi connectivity index (χ0) is 13.5. The second-order valence-electron chi connectivity index (χ2n) is 5.02. The van der Waals surface area contributed by atoms with E-state index >= 15 is 0 Å². The van der Waals surface area contributed by atoms with Gasteiger partial charge in [0, 0.05) is 22.6 Å². The molecule has 1 aromatic heterocycles. The van der Waals surface area contributed by atoms with E-state index in [4.69, 9.17) is 0 Å². The highest BCUT2D eigenvalue weighted by molar-refractivity contribution is 7.99. The normalized spacial score (nSPS) is 13.3. The summed E-state index contributed by atoms with van der Waals surface area (Å²) in [5.41, 5.74) is 2.63. The number of benzene rings is 2. The highest BCUT2D eigenvalue weighted by Gasteiger charge is 2.20. The Balaban J connectivity index is 2.07. The van der Waals surface area contributed by atoms with Gasteiger partial charge >= 0.3 is 0 Å². The third-order valence-electron chi connectivity index (χ3n) is 3.69. The van der Waals surface area contributed by atoms with Crippen molar-refractivity contribution in [1.82, 2.24) is 0 Å². The summed E-state index contributed by atoms with van der Waals surface area (Å²) in [7, 11) is 0. The van der Waals surface area contributed by atoms with Crippen molar-refractivity contribution in [2.45, 2.75) is 16.8 Å². The van der Waals surface area contributed by atoms with Gasteiger partial charge in [-0.25, -0.2) is 0 Å². The van der Waals surface area contributed by atoms with Gasteiger partial charge in [-0.05, 0) is 41.1 Å². The third-order valence-corrected chi connectivity index (χ3v) is 4.89. The molecule has 0 aliphatic carbocycles. The molecule has 0 spiro atoms. The van der Waals surface area contributed by atoms with Crippen LogP contribution in [0.25, 0.3) is 22.5 Å². The van der Waals surface area contributed by atoms with Crippen LogP contribution >= 0.6 is 11.8 Å². The van der Waals surface area contributed by atoms with E-state index in [0.717, 1.165) is 0 Å². The zero-order valence-corrected chi connectivity index (χ0v) is 12.0. The molecule has 0 N–H and O–H groups in total. The van der Waals surface area contributed by atoms with Crippen molar-refractivity contribution in [3.05, 3.63) is 66.4 Å². The summed E-state index contributed by atoms with van der Waals surface area (Å²) in [5.74, 6) is 0. The number of hydrogen-bond acceptors (Lipinski definition) is 1. The van der Waals surface area contributed by atoms with Crippen molar-refractivity contribution in [2.75, 3.05) is 0 Å². The summed E-state index contributed by atoms with van der Waals surface area (Å²) >= 11 is 1.85. The molecule has 2 aromatic carbocycles. The standard InChI is InChI=1S/C18H14NS/c1-13-12-19-11-5-4-8-17(19)20-18-15(13)10-9-14-6-2-3-7-16(14)18/h2-12H,1H3/q+1.